The van der Waals surface area contributed by atoms with Crippen LogP contribution < -0.4 is 0 Å². The van der Waals surface area contributed by atoms with Gasteiger partial charge >= 0.3 is 0 Å². The summed E-state index contributed by atoms with van der Waals surface area (Å²) in [6.07, 6.45) is 5.62. The second kappa shape index (κ2) is 2.87. The summed E-state index contributed by atoms with van der Waals surface area (Å²) in [5.41, 5.74) is 3.85. The maximum absolute atomic E-state index is 5.13. The fourth-order valence-electron chi connectivity index (χ4n) is 1.42. The minimum absolute atomic E-state index is 1.22. The van der Waals surface area contributed by atoms with Crippen molar-refractivity contribution in [2.24, 2.45) is 0 Å². The van der Waals surface area contributed by atoms with Crippen LogP contribution >= 0.6 is 11.8 Å². The maximum atomic E-state index is 5.13. The molecular formula is C10H10OS. The van der Waals surface area contributed by atoms with Crippen LogP contribution in [0, 0.1) is 6.92 Å². The molecule has 2 aliphatic rings. The van der Waals surface area contributed by atoms with Gasteiger partial charge in [-0.3, -0.25) is 0 Å². The van der Waals surface area contributed by atoms with Crippen LogP contribution in [0.15, 0.2) is 34.0 Å². The molecule has 0 N–H and O–H groups in total. The second-order valence-corrected chi connectivity index (χ2v) is 3.63. The molecule has 0 bridgehead atoms. The molecule has 0 saturated heterocycles. The van der Waals surface area contributed by atoms with Crippen LogP contribution in [0.4, 0.5) is 0 Å². The maximum Gasteiger partial charge on any atom is 0.0991 e. The van der Waals surface area contributed by atoms with E-state index in [1.165, 1.54) is 21.6 Å². The molecule has 0 spiro atoms. The van der Waals surface area contributed by atoms with Crippen LogP contribution in [0.2, 0.25) is 0 Å². The first-order chi connectivity index (χ1) is 5.83. The summed E-state index contributed by atoms with van der Waals surface area (Å²) >= 11 is 1.76. The standard InChI is InChI=1S/C10H10OS/c1-7-5-10(12-2)9-6-11-4-3-8(7)9/h3-6H,1-2H3. The zero-order valence-corrected chi connectivity index (χ0v) is 7.94. The van der Waals surface area contributed by atoms with Crippen LogP contribution in [0.5, 0.6) is 0 Å². The first-order valence-corrected chi connectivity index (χ1v) is 5.05. The summed E-state index contributed by atoms with van der Waals surface area (Å²) < 4.78 is 5.13. The Bertz CT molecular complexity index is 364. The highest BCUT2D eigenvalue weighted by atomic mass is 32.2. The molecule has 0 amide bonds. The molecule has 2 rings (SSSR count). The van der Waals surface area contributed by atoms with Gasteiger partial charge in [-0.1, -0.05) is 0 Å². The first kappa shape index (κ1) is 7.74. The van der Waals surface area contributed by atoms with Crippen molar-refractivity contribution >= 4 is 11.8 Å². The van der Waals surface area contributed by atoms with Crippen molar-refractivity contribution in [3.05, 3.63) is 30.2 Å². The lowest BCUT2D eigenvalue weighted by molar-refractivity contribution is 0.551. The van der Waals surface area contributed by atoms with Gasteiger partial charge < -0.3 is 4.42 Å². The third kappa shape index (κ3) is 1.03. The molecule has 0 atom stereocenters. The second-order valence-electron chi connectivity index (χ2n) is 2.78. The van der Waals surface area contributed by atoms with E-state index in [9.17, 15) is 0 Å². The quantitative estimate of drug-likeness (QED) is 0.621. The molecule has 0 aromatic heterocycles. The topological polar surface area (TPSA) is 13.1 Å². The van der Waals surface area contributed by atoms with Gasteiger partial charge in [0.15, 0.2) is 0 Å². The molecule has 1 heterocycles. The molecule has 0 aromatic carbocycles. The monoisotopic (exact) mass is 178 g/mol. The molecule has 62 valence electrons. The van der Waals surface area contributed by atoms with Gasteiger partial charge in [0, 0.05) is 10.5 Å². The van der Waals surface area contributed by atoms with E-state index in [-0.39, 0.29) is 0 Å². The summed E-state index contributed by atoms with van der Waals surface area (Å²) in [6, 6.07) is 4.22. The normalized spacial score (nSPS) is 10.8. The Morgan fingerprint density at radius 1 is 1.33 bits per heavy atom. The van der Waals surface area contributed by atoms with Crippen molar-refractivity contribution in [2.75, 3.05) is 6.26 Å². The molecule has 0 unspecified atom stereocenters. The van der Waals surface area contributed by atoms with Crippen molar-refractivity contribution in [1.82, 2.24) is 0 Å². The number of thioether (sulfide) groups is 1. The van der Waals surface area contributed by atoms with Gasteiger partial charge in [0.1, 0.15) is 0 Å². The van der Waals surface area contributed by atoms with Crippen LogP contribution in [-0.4, -0.2) is 6.26 Å². The molecule has 0 fully saturated rings. The third-order valence-corrected chi connectivity index (χ3v) is 2.82. The van der Waals surface area contributed by atoms with Crippen molar-refractivity contribution in [3.8, 4) is 11.1 Å². The minimum Gasteiger partial charge on any atom is -0.472 e. The summed E-state index contributed by atoms with van der Waals surface area (Å²) in [5, 5.41) is 0. The number of rotatable bonds is 1. The average Bonchev–Trinajstić information content (AvgIpc) is 2.44. The van der Waals surface area contributed by atoms with Gasteiger partial charge in [0.25, 0.3) is 0 Å². The molecule has 2 heteroatoms. The van der Waals surface area contributed by atoms with Crippen LogP contribution in [0.3, 0.4) is 0 Å². The van der Waals surface area contributed by atoms with Crippen LogP contribution in [-0.2, 0) is 0 Å². The predicted molar refractivity (Wildman–Crippen MR) is 51.8 cm³/mol. The molecule has 12 heavy (non-hydrogen) atoms. The van der Waals surface area contributed by atoms with Crippen molar-refractivity contribution in [1.29, 1.82) is 0 Å². The minimum atomic E-state index is 1.22. The molecule has 0 aromatic rings. The highest BCUT2D eigenvalue weighted by molar-refractivity contribution is 7.98. The SMILES string of the molecule is CSc1cc(C)c2ccocc1-2. The van der Waals surface area contributed by atoms with E-state index in [4.69, 9.17) is 4.42 Å². The zero-order valence-electron chi connectivity index (χ0n) is 7.13. The summed E-state index contributed by atoms with van der Waals surface area (Å²) in [7, 11) is 0. The molecule has 1 nitrogen and oxygen atoms in total. The number of aryl methyl sites for hydroxylation is 1. The van der Waals surface area contributed by atoms with E-state index in [2.05, 4.69) is 19.2 Å². The van der Waals surface area contributed by atoms with Crippen molar-refractivity contribution < 1.29 is 4.42 Å². The van der Waals surface area contributed by atoms with Crippen molar-refractivity contribution in [3.63, 3.8) is 0 Å². The lowest BCUT2D eigenvalue weighted by atomic mass is 10.1. The highest BCUT2D eigenvalue weighted by Gasteiger charge is 2.11. The van der Waals surface area contributed by atoms with Crippen LogP contribution in [0.25, 0.3) is 11.1 Å². The molecule has 0 saturated carbocycles. The molecule has 1 aliphatic heterocycles. The van der Waals surface area contributed by atoms with Crippen molar-refractivity contribution in [2.45, 2.75) is 11.8 Å². The average molecular weight is 178 g/mol. The van der Waals surface area contributed by atoms with Gasteiger partial charge in [-0.25, -0.2) is 0 Å². The lowest BCUT2D eigenvalue weighted by Gasteiger charge is -1.99. The van der Waals surface area contributed by atoms with E-state index >= 15 is 0 Å². The molecule has 0 radical (unpaired) electrons. The number of hydrogen-bond donors (Lipinski definition) is 0. The van der Waals surface area contributed by atoms with E-state index in [0.717, 1.165) is 0 Å². The zero-order chi connectivity index (χ0) is 8.55. The van der Waals surface area contributed by atoms with Gasteiger partial charge in [-0.2, -0.15) is 0 Å². The first-order valence-electron chi connectivity index (χ1n) is 3.82. The van der Waals surface area contributed by atoms with Gasteiger partial charge in [0.2, 0.25) is 0 Å². The van der Waals surface area contributed by atoms with Crippen LogP contribution in [0.1, 0.15) is 5.56 Å². The Hall–Kier alpha value is -0.890. The van der Waals surface area contributed by atoms with E-state index < -0.39 is 0 Å². The Balaban J connectivity index is 2.70. The highest BCUT2D eigenvalue weighted by Crippen LogP contribution is 2.36. The molecular weight excluding hydrogens is 168 g/mol. The van der Waals surface area contributed by atoms with Gasteiger partial charge in [-0.05, 0) is 36.4 Å². The fraction of sp³-hybridized carbons (Fsp3) is 0.200. The fourth-order valence-corrected chi connectivity index (χ4v) is 2.10. The summed E-state index contributed by atoms with van der Waals surface area (Å²) in [4.78, 5) is 1.30. The number of fused-ring (bicyclic) bond motifs is 1. The Kier molecular flexibility index (Phi) is 1.85. The largest absolute Gasteiger partial charge is 0.472 e. The van der Waals surface area contributed by atoms with Gasteiger partial charge in [0.05, 0.1) is 12.5 Å². The summed E-state index contributed by atoms with van der Waals surface area (Å²) in [6.45, 7) is 2.13. The Morgan fingerprint density at radius 2 is 2.17 bits per heavy atom. The number of hydrogen-bond acceptors (Lipinski definition) is 2. The Labute approximate surface area is 76.1 Å². The lowest BCUT2D eigenvalue weighted by Crippen LogP contribution is -1.74. The third-order valence-electron chi connectivity index (χ3n) is 2.05. The van der Waals surface area contributed by atoms with E-state index in [0.29, 0.717) is 0 Å². The summed E-state index contributed by atoms with van der Waals surface area (Å²) in [5.74, 6) is 0. The smallest absolute Gasteiger partial charge is 0.0991 e. The van der Waals surface area contributed by atoms with Gasteiger partial charge in [-0.15, -0.1) is 11.8 Å². The van der Waals surface area contributed by atoms with E-state index in [1.54, 1.807) is 18.0 Å². The van der Waals surface area contributed by atoms with E-state index in [1.807, 2.05) is 12.3 Å². The Morgan fingerprint density at radius 3 is 2.92 bits per heavy atom. The molecule has 1 aliphatic carbocycles. The predicted octanol–water partition coefficient (Wildman–Crippen LogP) is 3.41.